The van der Waals surface area contributed by atoms with E-state index in [0.29, 0.717) is 18.1 Å². The van der Waals surface area contributed by atoms with Crippen molar-refractivity contribution in [1.82, 2.24) is 15.5 Å². The van der Waals surface area contributed by atoms with Gasteiger partial charge in [-0.15, -0.1) is 0 Å². The first-order chi connectivity index (χ1) is 12.2. The summed E-state index contributed by atoms with van der Waals surface area (Å²) in [6.45, 7) is 1.84. The number of hydrogen-bond acceptors (Lipinski definition) is 3. The van der Waals surface area contributed by atoms with Crippen LogP contribution in [-0.4, -0.2) is 49.3 Å². The van der Waals surface area contributed by atoms with Crippen molar-refractivity contribution < 1.29 is 9.53 Å². The Morgan fingerprint density at radius 2 is 2.08 bits per heavy atom. The van der Waals surface area contributed by atoms with E-state index < -0.39 is 0 Å². The highest BCUT2D eigenvalue weighted by Crippen LogP contribution is 2.35. The monoisotopic (exact) mass is 343 g/mol. The van der Waals surface area contributed by atoms with Crippen LogP contribution in [0.5, 0.6) is 0 Å². The second-order valence-electron chi connectivity index (χ2n) is 7.81. The molecule has 5 atom stereocenters. The molecule has 25 heavy (non-hydrogen) atoms. The summed E-state index contributed by atoms with van der Waals surface area (Å²) in [4.78, 5) is 14.8. The predicted molar refractivity (Wildman–Crippen MR) is 97.4 cm³/mol. The standard InChI is InChI=1S/C20H29N3O2/c1-23-11-5-8-15(19(23)14-6-3-2-4-7-14)13-21-20(24)22-17-12-16-9-10-18(17)25-16/h2-4,6-7,15-19H,5,8-13H2,1H3,(H2,21,22,24)/t15-,16-,17-,18-,19-/m1/s1. The van der Waals surface area contributed by atoms with Gasteiger partial charge in [0.15, 0.2) is 0 Å². The largest absolute Gasteiger partial charge is 0.373 e. The average molecular weight is 343 g/mol. The van der Waals surface area contributed by atoms with E-state index in [2.05, 4.69) is 52.9 Å². The zero-order valence-electron chi connectivity index (χ0n) is 15.0. The van der Waals surface area contributed by atoms with Gasteiger partial charge in [-0.2, -0.15) is 0 Å². The number of carbonyl (C=O) groups is 1. The summed E-state index contributed by atoms with van der Waals surface area (Å²) in [5.74, 6) is 0.447. The van der Waals surface area contributed by atoms with Crippen LogP contribution >= 0.6 is 0 Å². The Bertz CT molecular complexity index is 594. The van der Waals surface area contributed by atoms with Crippen molar-refractivity contribution in [3.63, 3.8) is 0 Å². The number of carbonyl (C=O) groups excluding carboxylic acids is 1. The lowest BCUT2D eigenvalue weighted by Crippen LogP contribution is -2.49. The summed E-state index contributed by atoms with van der Waals surface area (Å²) in [6.07, 6.45) is 6.14. The van der Waals surface area contributed by atoms with Crippen molar-refractivity contribution in [2.75, 3.05) is 20.1 Å². The Labute approximate surface area is 150 Å². The molecule has 0 aromatic heterocycles. The molecule has 136 valence electrons. The Balaban J connectivity index is 1.33. The summed E-state index contributed by atoms with van der Waals surface area (Å²) in [6, 6.07) is 11.2. The Hall–Kier alpha value is -1.59. The van der Waals surface area contributed by atoms with Gasteiger partial charge in [0.1, 0.15) is 0 Å². The number of ether oxygens (including phenoxy) is 1. The van der Waals surface area contributed by atoms with E-state index in [1.165, 1.54) is 12.0 Å². The van der Waals surface area contributed by atoms with Gasteiger partial charge in [0.2, 0.25) is 0 Å². The number of likely N-dealkylation sites (tertiary alicyclic amines) is 1. The third-order valence-corrected chi connectivity index (χ3v) is 6.10. The number of piperidine rings is 1. The van der Waals surface area contributed by atoms with Gasteiger partial charge in [0.05, 0.1) is 18.2 Å². The van der Waals surface area contributed by atoms with Crippen LogP contribution in [0.2, 0.25) is 0 Å². The third kappa shape index (κ3) is 3.67. The number of rotatable bonds is 4. The molecule has 2 bridgehead atoms. The van der Waals surface area contributed by atoms with Gasteiger partial charge in [-0.1, -0.05) is 30.3 Å². The molecule has 3 aliphatic rings. The predicted octanol–water partition coefficient (Wildman–Crippen LogP) is 2.69. The van der Waals surface area contributed by atoms with Crippen molar-refractivity contribution in [3.05, 3.63) is 35.9 Å². The lowest BCUT2D eigenvalue weighted by Gasteiger charge is -2.39. The smallest absolute Gasteiger partial charge is 0.315 e. The maximum absolute atomic E-state index is 12.4. The van der Waals surface area contributed by atoms with E-state index in [9.17, 15) is 4.79 Å². The highest BCUT2D eigenvalue weighted by molar-refractivity contribution is 5.74. The Morgan fingerprint density at radius 3 is 2.80 bits per heavy atom. The lowest BCUT2D eigenvalue weighted by molar-refractivity contribution is 0.0977. The molecule has 4 rings (SSSR count). The third-order valence-electron chi connectivity index (χ3n) is 6.10. The van der Waals surface area contributed by atoms with E-state index in [0.717, 1.165) is 38.8 Å². The van der Waals surface area contributed by atoms with Gasteiger partial charge in [-0.05, 0) is 57.2 Å². The lowest BCUT2D eigenvalue weighted by atomic mass is 9.85. The maximum Gasteiger partial charge on any atom is 0.315 e. The zero-order chi connectivity index (χ0) is 17.2. The molecule has 1 aromatic rings. The van der Waals surface area contributed by atoms with E-state index in [-0.39, 0.29) is 18.2 Å². The molecule has 3 aliphatic heterocycles. The molecule has 0 radical (unpaired) electrons. The van der Waals surface area contributed by atoms with Crippen LogP contribution in [0.1, 0.15) is 43.7 Å². The fourth-order valence-electron chi connectivity index (χ4n) is 4.88. The molecule has 5 nitrogen and oxygen atoms in total. The van der Waals surface area contributed by atoms with Gasteiger partial charge in [0.25, 0.3) is 0 Å². The first kappa shape index (κ1) is 16.9. The number of urea groups is 1. The first-order valence-corrected chi connectivity index (χ1v) is 9.65. The molecule has 3 heterocycles. The molecule has 3 fully saturated rings. The fraction of sp³-hybridized carbons (Fsp3) is 0.650. The van der Waals surface area contributed by atoms with Crippen molar-refractivity contribution >= 4 is 6.03 Å². The molecule has 0 saturated carbocycles. The second kappa shape index (κ2) is 7.34. The minimum absolute atomic E-state index is 0.0406. The van der Waals surface area contributed by atoms with Crippen molar-refractivity contribution in [2.24, 2.45) is 5.92 Å². The number of benzene rings is 1. The van der Waals surface area contributed by atoms with Gasteiger partial charge in [-0.25, -0.2) is 4.79 Å². The number of nitrogens with one attached hydrogen (secondary N) is 2. The zero-order valence-corrected chi connectivity index (χ0v) is 15.0. The SMILES string of the molecule is CN1CCC[C@H](CNC(=O)N[C@@H]2C[C@H]3CC[C@H]2O3)[C@H]1c1ccccc1. The molecule has 1 aromatic carbocycles. The molecule has 0 spiro atoms. The molecule has 0 aliphatic carbocycles. The number of nitrogens with zero attached hydrogens (tertiary/aromatic N) is 1. The van der Waals surface area contributed by atoms with Crippen LogP contribution < -0.4 is 10.6 Å². The first-order valence-electron chi connectivity index (χ1n) is 9.65. The second-order valence-corrected chi connectivity index (χ2v) is 7.81. The van der Waals surface area contributed by atoms with Crippen LogP contribution in [0.4, 0.5) is 4.79 Å². The fourth-order valence-corrected chi connectivity index (χ4v) is 4.88. The molecular formula is C20H29N3O2. The minimum atomic E-state index is -0.0406. The Kier molecular flexibility index (Phi) is 4.95. The summed E-state index contributed by atoms with van der Waals surface area (Å²) < 4.78 is 5.82. The van der Waals surface area contributed by atoms with Crippen molar-refractivity contribution in [1.29, 1.82) is 0 Å². The molecule has 5 heteroatoms. The summed E-state index contributed by atoms with van der Waals surface area (Å²) in [5.41, 5.74) is 1.35. The van der Waals surface area contributed by atoms with Crippen molar-refractivity contribution in [3.8, 4) is 0 Å². The molecule has 3 saturated heterocycles. The van der Waals surface area contributed by atoms with Crippen LogP contribution in [0.15, 0.2) is 30.3 Å². The molecule has 2 N–H and O–H groups in total. The van der Waals surface area contributed by atoms with E-state index in [1.807, 2.05) is 0 Å². The van der Waals surface area contributed by atoms with E-state index in [1.54, 1.807) is 0 Å². The highest BCUT2D eigenvalue weighted by atomic mass is 16.5. The van der Waals surface area contributed by atoms with Gasteiger partial charge in [0, 0.05) is 12.6 Å². The van der Waals surface area contributed by atoms with Gasteiger partial charge in [-0.3, -0.25) is 4.90 Å². The summed E-state index contributed by atoms with van der Waals surface area (Å²) in [7, 11) is 2.19. The van der Waals surface area contributed by atoms with Crippen molar-refractivity contribution in [2.45, 2.75) is 56.4 Å². The normalized spacial score (nSPS) is 34.8. The summed E-state index contributed by atoms with van der Waals surface area (Å²) in [5, 5.41) is 6.25. The van der Waals surface area contributed by atoms with Crippen LogP contribution in [0, 0.1) is 5.92 Å². The maximum atomic E-state index is 12.4. The minimum Gasteiger partial charge on any atom is -0.373 e. The van der Waals surface area contributed by atoms with E-state index in [4.69, 9.17) is 4.74 Å². The van der Waals surface area contributed by atoms with Crippen LogP contribution in [-0.2, 0) is 4.74 Å². The van der Waals surface area contributed by atoms with Gasteiger partial charge < -0.3 is 15.4 Å². The Morgan fingerprint density at radius 1 is 1.24 bits per heavy atom. The molecule has 0 unspecified atom stereocenters. The van der Waals surface area contributed by atoms with E-state index >= 15 is 0 Å². The topological polar surface area (TPSA) is 53.6 Å². The number of amides is 2. The summed E-state index contributed by atoms with van der Waals surface area (Å²) >= 11 is 0. The molecule has 2 amide bonds. The van der Waals surface area contributed by atoms with Crippen LogP contribution in [0.25, 0.3) is 0 Å². The number of fused-ring (bicyclic) bond motifs is 2. The average Bonchev–Trinajstić information content (AvgIpc) is 3.24. The highest BCUT2D eigenvalue weighted by Gasteiger charge is 2.41. The van der Waals surface area contributed by atoms with Crippen LogP contribution in [0.3, 0.4) is 0 Å². The quantitative estimate of drug-likeness (QED) is 0.884. The number of hydrogen-bond donors (Lipinski definition) is 2. The van der Waals surface area contributed by atoms with Gasteiger partial charge >= 0.3 is 6.03 Å². The molecular weight excluding hydrogens is 314 g/mol.